The Bertz CT molecular complexity index is 1130. The first-order valence-electron chi connectivity index (χ1n) is 9.05. The van der Waals surface area contributed by atoms with Crippen LogP contribution in [0.2, 0.25) is 0 Å². The van der Waals surface area contributed by atoms with Gasteiger partial charge in [-0.25, -0.2) is 15.0 Å². The lowest BCUT2D eigenvalue weighted by molar-refractivity contribution is 0.282. The van der Waals surface area contributed by atoms with Crippen LogP contribution in [0.3, 0.4) is 0 Å². The van der Waals surface area contributed by atoms with Gasteiger partial charge in [-0.2, -0.15) is 0 Å². The summed E-state index contributed by atoms with van der Waals surface area (Å²) in [5, 5.41) is 9.35. The number of hydrogen-bond donors (Lipinski definition) is 2. The zero-order valence-electron chi connectivity index (χ0n) is 14.7. The molecule has 1 fully saturated rings. The number of aliphatic hydroxyl groups is 1. The van der Waals surface area contributed by atoms with Crippen LogP contribution in [-0.4, -0.2) is 24.6 Å². The summed E-state index contributed by atoms with van der Waals surface area (Å²) in [4.78, 5) is 14.0. The Labute approximate surface area is 156 Å². The van der Waals surface area contributed by atoms with Crippen LogP contribution in [0.4, 0.5) is 5.82 Å². The minimum atomic E-state index is 0.0114. The minimum absolute atomic E-state index is 0.0114. The van der Waals surface area contributed by atoms with E-state index in [0.717, 1.165) is 33.7 Å². The summed E-state index contributed by atoms with van der Waals surface area (Å²) in [6.07, 6.45) is 4.06. The third-order valence-corrected chi connectivity index (χ3v) is 4.98. The molecule has 0 aliphatic heterocycles. The van der Waals surface area contributed by atoms with Gasteiger partial charge in [0, 0.05) is 23.5 Å². The number of benzene rings is 1. The Morgan fingerprint density at radius 1 is 1.04 bits per heavy atom. The predicted octanol–water partition coefficient (Wildman–Crippen LogP) is 3.43. The van der Waals surface area contributed by atoms with Gasteiger partial charge < -0.3 is 10.8 Å². The van der Waals surface area contributed by atoms with E-state index >= 15 is 0 Å². The summed E-state index contributed by atoms with van der Waals surface area (Å²) in [5.41, 5.74) is 11.4. The maximum Gasteiger partial charge on any atom is 0.165 e. The summed E-state index contributed by atoms with van der Waals surface area (Å²) in [6, 6.07) is 15.6. The molecule has 1 aliphatic rings. The number of pyridine rings is 2. The number of fused-ring (bicyclic) bond motifs is 1. The van der Waals surface area contributed by atoms with Crippen molar-refractivity contribution in [2.75, 3.05) is 5.73 Å². The van der Waals surface area contributed by atoms with Crippen molar-refractivity contribution >= 4 is 17.0 Å². The van der Waals surface area contributed by atoms with Crippen molar-refractivity contribution in [3.63, 3.8) is 0 Å². The standard InChI is InChI=1S/C21H19N5O/c22-19-16(2-1-11-23-19)20-25-18-10-9-17(14-5-6-14)24-21(18)26(20)15-7-3-13(12-27)4-8-15/h1-4,7-11,14,27H,5-6,12H2,(H2,22,23). The molecule has 6 heteroatoms. The zero-order chi connectivity index (χ0) is 18.4. The first-order chi connectivity index (χ1) is 13.2. The number of aromatic nitrogens is 4. The minimum Gasteiger partial charge on any atom is -0.392 e. The van der Waals surface area contributed by atoms with Crippen LogP contribution in [-0.2, 0) is 6.61 Å². The normalized spacial score (nSPS) is 14.0. The molecule has 3 N–H and O–H groups in total. The summed E-state index contributed by atoms with van der Waals surface area (Å²) in [7, 11) is 0. The maximum atomic E-state index is 9.35. The Morgan fingerprint density at radius 2 is 1.85 bits per heavy atom. The molecule has 0 saturated heterocycles. The van der Waals surface area contributed by atoms with E-state index in [-0.39, 0.29) is 6.61 Å². The Balaban J connectivity index is 1.78. The van der Waals surface area contributed by atoms with Gasteiger partial charge in [-0.15, -0.1) is 0 Å². The number of rotatable bonds is 4. The van der Waals surface area contributed by atoms with E-state index in [1.54, 1.807) is 6.20 Å². The van der Waals surface area contributed by atoms with Gasteiger partial charge in [0.05, 0.1) is 12.2 Å². The van der Waals surface area contributed by atoms with Crippen LogP contribution in [0.25, 0.3) is 28.2 Å². The molecule has 1 aliphatic carbocycles. The largest absolute Gasteiger partial charge is 0.392 e. The molecule has 0 spiro atoms. The summed E-state index contributed by atoms with van der Waals surface area (Å²) in [5.74, 6) is 1.71. The number of anilines is 1. The van der Waals surface area contributed by atoms with Gasteiger partial charge in [0.1, 0.15) is 11.3 Å². The van der Waals surface area contributed by atoms with Crippen LogP contribution in [0.15, 0.2) is 54.7 Å². The Kier molecular flexibility index (Phi) is 3.65. The van der Waals surface area contributed by atoms with Gasteiger partial charge in [-0.3, -0.25) is 4.57 Å². The average Bonchev–Trinajstić information content (AvgIpc) is 3.49. The first kappa shape index (κ1) is 16.0. The topological polar surface area (TPSA) is 89.9 Å². The molecule has 5 rings (SSSR count). The van der Waals surface area contributed by atoms with E-state index in [1.165, 1.54) is 12.8 Å². The van der Waals surface area contributed by atoms with E-state index < -0.39 is 0 Å². The molecule has 0 amide bonds. The van der Waals surface area contributed by atoms with Crippen molar-refractivity contribution < 1.29 is 5.11 Å². The van der Waals surface area contributed by atoms with Crippen molar-refractivity contribution in [1.29, 1.82) is 0 Å². The number of nitrogens with two attached hydrogens (primary N) is 1. The molecule has 134 valence electrons. The van der Waals surface area contributed by atoms with Crippen molar-refractivity contribution in [2.24, 2.45) is 0 Å². The fraction of sp³-hybridized carbons (Fsp3) is 0.190. The monoisotopic (exact) mass is 357 g/mol. The highest BCUT2D eigenvalue weighted by Crippen LogP contribution is 2.40. The first-order valence-corrected chi connectivity index (χ1v) is 9.05. The Hall–Kier alpha value is -3.25. The molecule has 0 unspecified atom stereocenters. The lowest BCUT2D eigenvalue weighted by Gasteiger charge is -2.11. The second-order valence-electron chi connectivity index (χ2n) is 6.88. The van der Waals surface area contributed by atoms with Crippen LogP contribution in [0, 0.1) is 0 Å². The molecule has 1 saturated carbocycles. The zero-order valence-corrected chi connectivity index (χ0v) is 14.7. The summed E-state index contributed by atoms with van der Waals surface area (Å²) in [6.45, 7) is 0.0114. The fourth-order valence-corrected chi connectivity index (χ4v) is 3.36. The fourth-order valence-electron chi connectivity index (χ4n) is 3.36. The molecule has 0 bridgehead atoms. The molecular formula is C21H19N5O. The van der Waals surface area contributed by atoms with Gasteiger partial charge in [0.25, 0.3) is 0 Å². The Morgan fingerprint density at radius 3 is 2.56 bits per heavy atom. The second-order valence-corrected chi connectivity index (χ2v) is 6.88. The predicted molar refractivity (Wildman–Crippen MR) is 104 cm³/mol. The van der Waals surface area contributed by atoms with Crippen molar-refractivity contribution in [2.45, 2.75) is 25.4 Å². The number of nitrogens with zero attached hydrogens (tertiary/aromatic N) is 4. The molecular weight excluding hydrogens is 338 g/mol. The number of imidazole rings is 1. The van der Waals surface area contributed by atoms with E-state index in [4.69, 9.17) is 15.7 Å². The van der Waals surface area contributed by atoms with Gasteiger partial charge >= 0.3 is 0 Å². The third-order valence-electron chi connectivity index (χ3n) is 4.98. The summed E-state index contributed by atoms with van der Waals surface area (Å²) >= 11 is 0. The highest BCUT2D eigenvalue weighted by molar-refractivity contribution is 5.82. The van der Waals surface area contributed by atoms with Crippen LogP contribution < -0.4 is 5.73 Å². The molecule has 3 aromatic heterocycles. The van der Waals surface area contributed by atoms with Crippen LogP contribution >= 0.6 is 0 Å². The highest BCUT2D eigenvalue weighted by Gasteiger charge is 2.26. The molecule has 0 atom stereocenters. The second kappa shape index (κ2) is 6.17. The molecule has 4 aromatic rings. The van der Waals surface area contributed by atoms with Crippen LogP contribution in [0.1, 0.15) is 30.0 Å². The highest BCUT2D eigenvalue weighted by atomic mass is 16.3. The van der Waals surface area contributed by atoms with E-state index in [0.29, 0.717) is 17.6 Å². The van der Waals surface area contributed by atoms with Gasteiger partial charge in [-0.05, 0) is 54.8 Å². The van der Waals surface area contributed by atoms with Crippen molar-refractivity contribution in [1.82, 2.24) is 19.5 Å². The van der Waals surface area contributed by atoms with Gasteiger partial charge in [0.15, 0.2) is 11.5 Å². The van der Waals surface area contributed by atoms with Crippen molar-refractivity contribution in [3.8, 4) is 17.1 Å². The average molecular weight is 357 g/mol. The molecule has 27 heavy (non-hydrogen) atoms. The molecule has 3 heterocycles. The number of aliphatic hydroxyl groups excluding tert-OH is 1. The molecule has 1 aromatic carbocycles. The lowest BCUT2D eigenvalue weighted by atomic mass is 10.2. The molecule has 0 radical (unpaired) electrons. The van der Waals surface area contributed by atoms with E-state index in [1.807, 2.05) is 47.0 Å². The van der Waals surface area contributed by atoms with Crippen molar-refractivity contribution in [3.05, 3.63) is 66.0 Å². The molecule has 6 nitrogen and oxygen atoms in total. The van der Waals surface area contributed by atoms with Gasteiger partial charge in [-0.1, -0.05) is 12.1 Å². The van der Waals surface area contributed by atoms with E-state index in [2.05, 4.69) is 11.1 Å². The summed E-state index contributed by atoms with van der Waals surface area (Å²) < 4.78 is 2.02. The smallest absolute Gasteiger partial charge is 0.165 e. The number of nitrogen functional groups attached to an aromatic ring is 1. The SMILES string of the molecule is Nc1ncccc1-c1nc2ccc(C3CC3)nc2n1-c1ccc(CO)cc1. The third kappa shape index (κ3) is 2.74. The lowest BCUT2D eigenvalue weighted by Crippen LogP contribution is -2.02. The van der Waals surface area contributed by atoms with Crippen LogP contribution in [0.5, 0.6) is 0 Å². The van der Waals surface area contributed by atoms with E-state index in [9.17, 15) is 5.11 Å². The maximum absolute atomic E-state index is 9.35. The number of hydrogen-bond acceptors (Lipinski definition) is 5. The van der Waals surface area contributed by atoms with Gasteiger partial charge in [0.2, 0.25) is 0 Å². The quantitative estimate of drug-likeness (QED) is 0.584.